The van der Waals surface area contributed by atoms with E-state index in [9.17, 15) is 13.2 Å². The van der Waals surface area contributed by atoms with E-state index in [4.69, 9.17) is 5.14 Å². The Bertz CT molecular complexity index is 555. The maximum atomic E-state index is 11.8. The van der Waals surface area contributed by atoms with Crippen molar-refractivity contribution < 1.29 is 13.2 Å². The van der Waals surface area contributed by atoms with Crippen LogP contribution in [0, 0.1) is 12.8 Å². The molecule has 1 aliphatic heterocycles. The number of amides is 1. The summed E-state index contributed by atoms with van der Waals surface area (Å²) in [5.74, 6) is 0.0403. The van der Waals surface area contributed by atoms with Crippen LogP contribution in [-0.4, -0.2) is 36.6 Å². The summed E-state index contributed by atoms with van der Waals surface area (Å²) in [4.78, 5) is 21.3. The molecule has 1 unspecified atom stereocenters. The number of aryl methyl sites for hydroxylation is 1. The maximum Gasteiger partial charge on any atom is 0.227 e. The van der Waals surface area contributed by atoms with Crippen LogP contribution in [0.5, 0.6) is 0 Å². The number of primary sulfonamides is 1. The average molecular weight is 270 g/mol. The Balaban J connectivity index is 2.12. The van der Waals surface area contributed by atoms with E-state index in [0.717, 1.165) is 0 Å². The molecule has 0 aromatic carbocycles. The number of sulfonamides is 1. The normalized spacial score (nSPS) is 20.4. The Morgan fingerprint density at radius 2 is 2.06 bits per heavy atom. The fourth-order valence-electron chi connectivity index (χ4n) is 2.00. The number of hydrogen-bond donors (Lipinski definition) is 1. The first kappa shape index (κ1) is 12.9. The van der Waals surface area contributed by atoms with Gasteiger partial charge >= 0.3 is 0 Å². The third kappa shape index (κ3) is 3.02. The first-order valence-corrected chi connectivity index (χ1v) is 7.16. The lowest BCUT2D eigenvalue weighted by Gasteiger charge is -2.15. The van der Waals surface area contributed by atoms with Gasteiger partial charge in [0.25, 0.3) is 0 Å². The summed E-state index contributed by atoms with van der Waals surface area (Å²) in [6.45, 7) is 2.08. The number of nitrogens with two attached hydrogens (primary N) is 1. The molecule has 1 atom stereocenters. The van der Waals surface area contributed by atoms with Crippen molar-refractivity contribution in [2.45, 2.75) is 13.3 Å². The van der Waals surface area contributed by atoms with Gasteiger partial charge in [0.15, 0.2) is 0 Å². The molecule has 98 valence electrons. The van der Waals surface area contributed by atoms with E-state index in [1.807, 2.05) is 0 Å². The third-order valence-electron chi connectivity index (χ3n) is 2.75. The predicted molar refractivity (Wildman–Crippen MR) is 65.2 cm³/mol. The molecule has 0 radical (unpaired) electrons. The lowest BCUT2D eigenvalue weighted by atomic mass is 10.1. The highest BCUT2D eigenvalue weighted by molar-refractivity contribution is 7.89. The monoisotopic (exact) mass is 270 g/mol. The van der Waals surface area contributed by atoms with Gasteiger partial charge in [0.05, 0.1) is 23.8 Å². The van der Waals surface area contributed by atoms with Gasteiger partial charge in [-0.25, -0.2) is 23.5 Å². The number of hydrogen-bond acceptors (Lipinski definition) is 5. The van der Waals surface area contributed by atoms with Crippen molar-refractivity contribution in [2.75, 3.05) is 17.2 Å². The summed E-state index contributed by atoms with van der Waals surface area (Å²) in [6.07, 6.45) is 3.30. The molecule has 1 aromatic rings. The SMILES string of the molecule is Cc1ncc(N2CC(CS(N)(=O)=O)CC2=O)cn1. The van der Waals surface area contributed by atoms with Gasteiger partial charge in [-0.2, -0.15) is 0 Å². The van der Waals surface area contributed by atoms with Crippen molar-refractivity contribution in [2.24, 2.45) is 11.1 Å². The summed E-state index contributed by atoms with van der Waals surface area (Å²) < 4.78 is 22.0. The Morgan fingerprint density at radius 3 is 2.61 bits per heavy atom. The molecule has 1 aromatic heterocycles. The second-order valence-electron chi connectivity index (χ2n) is 4.39. The number of carbonyl (C=O) groups excluding carboxylic acids is 1. The molecule has 0 bridgehead atoms. The first-order chi connectivity index (χ1) is 8.35. The summed E-state index contributed by atoms with van der Waals surface area (Å²) in [5, 5.41) is 4.98. The molecule has 1 saturated heterocycles. The quantitative estimate of drug-likeness (QED) is 0.791. The van der Waals surface area contributed by atoms with E-state index >= 15 is 0 Å². The van der Waals surface area contributed by atoms with Crippen molar-refractivity contribution in [3.8, 4) is 0 Å². The highest BCUT2D eigenvalue weighted by Gasteiger charge is 2.33. The molecule has 1 amide bonds. The predicted octanol–water partition coefficient (Wildman–Crippen LogP) is -0.574. The van der Waals surface area contributed by atoms with Gasteiger partial charge in [0.1, 0.15) is 5.82 Å². The molecule has 1 fully saturated rings. The number of rotatable bonds is 3. The zero-order chi connectivity index (χ0) is 13.3. The Labute approximate surface area is 105 Å². The summed E-state index contributed by atoms with van der Waals surface area (Å²) in [5.41, 5.74) is 0.586. The molecular formula is C10H14N4O3S. The van der Waals surface area contributed by atoms with Crippen LogP contribution in [0.4, 0.5) is 5.69 Å². The smallest absolute Gasteiger partial charge is 0.227 e. The number of aromatic nitrogens is 2. The van der Waals surface area contributed by atoms with Gasteiger partial charge < -0.3 is 4.90 Å². The molecule has 0 spiro atoms. The van der Waals surface area contributed by atoms with Crippen LogP contribution in [0.25, 0.3) is 0 Å². The largest absolute Gasteiger partial charge is 0.309 e. The topological polar surface area (TPSA) is 106 Å². The highest BCUT2D eigenvalue weighted by atomic mass is 32.2. The van der Waals surface area contributed by atoms with Crippen molar-refractivity contribution >= 4 is 21.6 Å². The fourth-order valence-corrected chi connectivity index (χ4v) is 2.88. The van der Waals surface area contributed by atoms with E-state index in [1.165, 1.54) is 4.90 Å². The highest BCUT2D eigenvalue weighted by Crippen LogP contribution is 2.24. The first-order valence-electron chi connectivity index (χ1n) is 5.44. The zero-order valence-corrected chi connectivity index (χ0v) is 10.7. The van der Waals surface area contributed by atoms with Gasteiger partial charge in [0, 0.05) is 18.9 Å². The van der Waals surface area contributed by atoms with Gasteiger partial charge in [0.2, 0.25) is 15.9 Å². The van der Waals surface area contributed by atoms with E-state index in [-0.39, 0.29) is 24.0 Å². The zero-order valence-electron chi connectivity index (χ0n) is 9.91. The number of nitrogens with zero attached hydrogens (tertiary/aromatic N) is 3. The lowest BCUT2D eigenvalue weighted by molar-refractivity contribution is -0.117. The second-order valence-corrected chi connectivity index (χ2v) is 6.05. The standard InChI is InChI=1S/C10H14N4O3S/c1-7-12-3-9(4-13-7)14-5-8(2-10(14)15)6-18(11,16)17/h3-4,8H,2,5-6H2,1H3,(H2,11,16,17). The van der Waals surface area contributed by atoms with E-state index in [1.54, 1.807) is 19.3 Å². The molecule has 7 nitrogen and oxygen atoms in total. The van der Waals surface area contributed by atoms with E-state index in [0.29, 0.717) is 18.1 Å². The molecule has 8 heteroatoms. The molecule has 18 heavy (non-hydrogen) atoms. The van der Waals surface area contributed by atoms with Crippen LogP contribution < -0.4 is 10.0 Å². The maximum absolute atomic E-state index is 11.8. The van der Waals surface area contributed by atoms with Crippen molar-refractivity contribution in [1.82, 2.24) is 9.97 Å². The molecule has 0 aliphatic carbocycles. The Hall–Kier alpha value is -1.54. The molecule has 2 rings (SSSR count). The van der Waals surface area contributed by atoms with Crippen molar-refractivity contribution in [3.63, 3.8) is 0 Å². The molecule has 2 N–H and O–H groups in total. The average Bonchev–Trinajstić information content (AvgIpc) is 2.58. The van der Waals surface area contributed by atoms with Gasteiger partial charge in [-0.15, -0.1) is 0 Å². The lowest BCUT2D eigenvalue weighted by Crippen LogP contribution is -2.27. The minimum Gasteiger partial charge on any atom is -0.309 e. The van der Waals surface area contributed by atoms with Gasteiger partial charge in [-0.05, 0) is 6.92 Å². The van der Waals surface area contributed by atoms with Crippen LogP contribution in [0.3, 0.4) is 0 Å². The van der Waals surface area contributed by atoms with Crippen LogP contribution in [0.2, 0.25) is 0 Å². The van der Waals surface area contributed by atoms with E-state index in [2.05, 4.69) is 9.97 Å². The minimum absolute atomic E-state index is 0.129. The minimum atomic E-state index is -3.55. The van der Waals surface area contributed by atoms with Crippen LogP contribution in [-0.2, 0) is 14.8 Å². The fraction of sp³-hybridized carbons (Fsp3) is 0.500. The Kier molecular flexibility index (Phi) is 3.31. The molecular weight excluding hydrogens is 256 g/mol. The van der Waals surface area contributed by atoms with Crippen molar-refractivity contribution in [1.29, 1.82) is 0 Å². The van der Waals surface area contributed by atoms with Crippen LogP contribution in [0.15, 0.2) is 12.4 Å². The Morgan fingerprint density at radius 1 is 1.44 bits per heavy atom. The van der Waals surface area contributed by atoms with Gasteiger partial charge in [-0.1, -0.05) is 0 Å². The van der Waals surface area contributed by atoms with Crippen LogP contribution >= 0.6 is 0 Å². The van der Waals surface area contributed by atoms with Gasteiger partial charge in [-0.3, -0.25) is 4.79 Å². The van der Waals surface area contributed by atoms with Crippen molar-refractivity contribution in [3.05, 3.63) is 18.2 Å². The number of carbonyl (C=O) groups is 1. The third-order valence-corrected chi connectivity index (χ3v) is 3.69. The second kappa shape index (κ2) is 4.62. The summed E-state index contributed by atoms with van der Waals surface area (Å²) in [6, 6.07) is 0. The number of anilines is 1. The summed E-state index contributed by atoms with van der Waals surface area (Å²) in [7, 11) is -3.55. The van der Waals surface area contributed by atoms with E-state index < -0.39 is 10.0 Å². The molecule has 1 aliphatic rings. The molecule has 2 heterocycles. The molecule has 0 saturated carbocycles. The summed E-state index contributed by atoms with van der Waals surface area (Å²) >= 11 is 0. The van der Waals surface area contributed by atoms with Crippen LogP contribution in [0.1, 0.15) is 12.2 Å².